The summed E-state index contributed by atoms with van der Waals surface area (Å²) in [5.74, 6) is 0.353. The van der Waals surface area contributed by atoms with E-state index >= 15 is 0 Å². The first-order chi connectivity index (χ1) is 9.97. The van der Waals surface area contributed by atoms with Crippen molar-refractivity contribution in [2.24, 2.45) is 0 Å². The van der Waals surface area contributed by atoms with Gasteiger partial charge in [-0.3, -0.25) is 4.57 Å². The molecule has 21 heavy (non-hydrogen) atoms. The Morgan fingerprint density at radius 1 is 1.19 bits per heavy atom. The zero-order valence-electron chi connectivity index (χ0n) is 11.6. The number of alkyl halides is 1. The average molecular weight is 323 g/mol. The highest BCUT2D eigenvalue weighted by Crippen LogP contribution is 2.31. The van der Waals surface area contributed by atoms with E-state index in [0.717, 1.165) is 16.8 Å². The summed E-state index contributed by atoms with van der Waals surface area (Å²) in [5, 5.41) is 0.326. The number of rotatable bonds is 2. The molecule has 0 aliphatic rings. The van der Waals surface area contributed by atoms with Gasteiger partial charge < -0.3 is 0 Å². The van der Waals surface area contributed by atoms with Crippen LogP contribution in [0.15, 0.2) is 36.4 Å². The molecule has 0 saturated carbocycles. The molecule has 1 aromatic heterocycles. The van der Waals surface area contributed by atoms with E-state index in [1.54, 1.807) is 6.07 Å². The van der Waals surface area contributed by atoms with Crippen LogP contribution < -0.4 is 0 Å². The van der Waals surface area contributed by atoms with E-state index in [-0.39, 0.29) is 11.2 Å². The van der Waals surface area contributed by atoms with Crippen LogP contribution in [0.25, 0.3) is 16.7 Å². The number of nitrogens with zero attached hydrogens (tertiary/aromatic N) is 2. The quantitative estimate of drug-likeness (QED) is 0.575. The Labute approximate surface area is 132 Å². The van der Waals surface area contributed by atoms with Crippen LogP contribution >= 0.6 is 23.2 Å². The summed E-state index contributed by atoms with van der Waals surface area (Å²) in [5.41, 5.74) is 3.34. The molecule has 0 radical (unpaired) electrons. The van der Waals surface area contributed by atoms with Gasteiger partial charge in [-0.1, -0.05) is 17.7 Å². The molecule has 1 unspecified atom stereocenters. The van der Waals surface area contributed by atoms with Crippen LogP contribution in [0.5, 0.6) is 0 Å². The van der Waals surface area contributed by atoms with Crippen LogP contribution in [-0.2, 0) is 0 Å². The molecule has 108 valence electrons. The molecule has 0 aliphatic heterocycles. The van der Waals surface area contributed by atoms with E-state index < -0.39 is 0 Å². The third kappa shape index (κ3) is 2.52. The molecule has 1 atom stereocenters. The maximum atomic E-state index is 13.4. The predicted octanol–water partition coefficient (Wildman–Crippen LogP) is 5.43. The molecule has 2 aromatic carbocycles. The van der Waals surface area contributed by atoms with Crippen LogP contribution in [0, 0.1) is 12.7 Å². The van der Waals surface area contributed by atoms with Crippen molar-refractivity contribution in [3.8, 4) is 5.69 Å². The number of aryl methyl sites for hydroxylation is 1. The first kappa shape index (κ1) is 14.4. The minimum Gasteiger partial charge on any atom is -0.295 e. The molecule has 0 amide bonds. The van der Waals surface area contributed by atoms with E-state index in [0.29, 0.717) is 16.4 Å². The van der Waals surface area contributed by atoms with Gasteiger partial charge in [0, 0.05) is 11.1 Å². The number of fused-ring (bicyclic) bond motifs is 1. The molecule has 0 saturated heterocycles. The molecule has 3 aromatic rings. The van der Waals surface area contributed by atoms with Crippen LogP contribution in [-0.4, -0.2) is 9.55 Å². The number of benzene rings is 2. The molecule has 0 bridgehead atoms. The van der Waals surface area contributed by atoms with Gasteiger partial charge >= 0.3 is 0 Å². The lowest BCUT2D eigenvalue weighted by molar-refractivity contribution is 0.629. The lowest BCUT2D eigenvalue weighted by atomic mass is 10.2. The van der Waals surface area contributed by atoms with Gasteiger partial charge in [0.25, 0.3) is 0 Å². The molecule has 0 spiro atoms. The summed E-state index contributed by atoms with van der Waals surface area (Å²) in [7, 11) is 0. The van der Waals surface area contributed by atoms with E-state index in [1.807, 2.05) is 36.6 Å². The highest BCUT2D eigenvalue weighted by Gasteiger charge is 2.18. The number of hydrogen-bond donors (Lipinski definition) is 0. The molecule has 2 nitrogen and oxygen atoms in total. The highest BCUT2D eigenvalue weighted by atomic mass is 35.5. The smallest absolute Gasteiger partial charge is 0.132 e. The average Bonchev–Trinajstić information content (AvgIpc) is 2.80. The molecule has 3 rings (SSSR count). The van der Waals surface area contributed by atoms with Gasteiger partial charge in [-0.15, -0.1) is 11.6 Å². The van der Waals surface area contributed by atoms with E-state index in [9.17, 15) is 4.39 Å². The van der Waals surface area contributed by atoms with Crippen molar-refractivity contribution in [3.63, 3.8) is 0 Å². The van der Waals surface area contributed by atoms with Crippen molar-refractivity contribution in [3.05, 3.63) is 58.6 Å². The minimum absolute atomic E-state index is 0.307. The Bertz CT molecular complexity index is 825. The minimum atomic E-state index is -0.316. The second kappa shape index (κ2) is 5.32. The summed E-state index contributed by atoms with van der Waals surface area (Å²) in [6, 6.07) is 10.2. The van der Waals surface area contributed by atoms with E-state index in [4.69, 9.17) is 23.2 Å². The van der Waals surface area contributed by atoms with E-state index in [2.05, 4.69) is 4.98 Å². The Kier molecular flexibility index (Phi) is 3.64. The zero-order chi connectivity index (χ0) is 15.1. The molecule has 0 fully saturated rings. The van der Waals surface area contributed by atoms with Gasteiger partial charge in [-0.2, -0.15) is 0 Å². The van der Waals surface area contributed by atoms with Gasteiger partial charge in [0.2, 0.25) is 0 Å². The maximum Gasteiger partial charge on any atom is 0.132 e. The fourth-order valence-electron chi connectivity index (χ4n) is 2.42. The van der Waals surface area contributed by atoms with Crippen molar-refractivity contribution in [2.45, 2.75) is 19.2 Å². The van der Waals surface area contributed by atoms with Gasteiger partial charge in [0.05, 0.1) is 22.1 Å². The maximum absolute atomic E-state index is 13.4. The number of aromatic nitrogens is 2. The Morgan fingerprint density at radius 2 is 1.95 bits per heavy atom. The number of halogens is 3. The summed E-state index contributed by atoms with van der Waals surface area (Å²) < 4.78 is 15.4. The molecular weight excluding hydrogens is 310 g/mol. The second-order valence-electron chi connectivity index (χ2n) is 4.99. The second-order valence-corrected chi connectivity index (χ2v) is 6.08. The number of hydrogen-bond acceptors (Lipinski definition) is 1. The van der Waals surface area contributed by atoms with Gasteiger partial charge in [-0.25, -0.2) is 9.37 Å². The van der Waals surface area contributed by atoms with Gasteiger partial charge in [-0.05, 0) is 43.7 Å². The van der Waals surface area contributed by atoms with Crippen LogP contribution in [0.1, 0.15) is 23.7 Å². The molecule has 0 N–H and O–H groups in total. The van der Waals surface area contributed by atoms with Crippen molar-refractivity contribution in [1.82, 2.24) is 9.55 Å². The lowest BCUT2D eigenvalue weighted by Gasteiger charge is -2.13. The van der Waals surface area contributed by atoms with Crippen molar-refractivity contribution in [1.29, 1.82) is 0 Å². The Hall–Kier alpha value is -1.58. The fraction of sp³-hybridized carbons (Fsp3) is 0.188. The van der Waals surface area contributed by atoms with Crippen molar-refractivity contribution >= 4 is 34.2 Å². The first-order valence-electron chi connectivity index (χ1n) is 6.56. The topological polar surface area (TPSA) is 17.8 Å². The van der Waals surface area contributed by atoms with Crippen LogP contribution in [0.4, 0.5) is 4.39 Å². The molecule has 0 aliphatic carbocycles. The summed E-state index contributed by atoms with van der Waals surface area (Å²) >= 11 is 12.4. The van der Waals surface area contributed by atoms with Gasteiger partial charge in [0.15, 0.2) is 0 Å². The zero-order valence-corrected chi connectivity index (χ0v) is 13.1. The summed E-state index contributed by atoms with van der Waals surface area (Å²) in [4.78, 5) is 4.47. The highest BCUT2D eigenvalue weighted by molar-refractivity contribution is 6.30. The number of imidazole rings is 1. The fourth-order valence-corrected chi connectivity index (χ4v) is 2.73. The van der Waals surface area contributed by atoms with Crippen molar-refractivity contribution in [2.75, 3.05) is 0 Å². The summed E-state index contributed by atoms with van der Waals surface area (Å²) in [6.45, 7) is 3.83. The molecular formula is C16H13Cl2FN2. The standard InChI is InChI=1S/C16H13Cl2FN2/c1-9-3-4-11(18)7-15(9)21-14-6-5-12(19)8-13(14)20-16(21)10(2)17/h3-8,10H,1-2H3. The lowest BCUT2D eigenvalue weighted by Crippen LogP contribution is -2.03. The summed E-state index contributed by atoms with van der Waals surface area (Å²) in [6.07, 6.45) is 0. The van der Waals surface area contributed by atoms with E-state index in [1.165, 1.54) is 12.1 Å². The Morgan fingerprint density at radius 3 is 2.67 bits per heavy atom. The van der Waals surface area contributed by atoms with Crippen molar-refractivity contribution < 1.29 is 4.39 Å². The molecule has 1 heterocycles. The van der Waals surface area contributed by atoms with Gasteiger partial charge in [0.1, 0.15) is 11.6 Å². The largest absolute Gasteiger partial charge is 0.295 e. The normalized spacial score (nSPS) is 12.8. The van der Waals surface area contributed by atoms with Crippen LogP contribution in [0.2, 0.25) is 5.02 Å². The van der Waals surface area contributed by atoms with Crippen LogP contribution in [0.3, 0.4) is 0 Å². The SMILES string of the molecule is Cc1ccc(Cl)cc1-n1c(C(C)Cl)nc2cc(F)ccc21. The molecule has 5 heteroatoms. The monoisotopic (exact) mass is 322 g/mol. The predicted molar refractivity (Wildman–Crippen MR) is 85.0 cm³/mol. The first-order valence-corrected chi connectivity index (χ1v) is 7.37. The third-order valence-corrected chi connectivity index (χ3v) is 3.84. The third-order valence-electron chi connectivity index (χ3n) is 3.41. The Balaban J connectivity index is 2.39.